The molecule has 4 heterocycles. The van der Waals surface area contributed by atoms with Crippen LogP contribution in [0.1, 0.15) is 30.9 Å². The molecule has 0 saturated carbocycles. The third-order valence-corrected chi connectivity index (χ3v) is 9.09. The minimum atomic E-state index is -1.22. The van der Waals surface area contributed by atoms with Crippen molar-refractivity contribution in [3.63, 3.8) is 0 Å². The Bertz CT molecular complexity index is 1890. The maximum Gasteiger partial charge on any atom is 0.336 e. The van der Waals surface area contributed by atoms with Crippen molar-refractivity contribution in [2.45, 2.75) is 44.0 Å². The van der Waals surface area contributed by atoms with Crippen LogP contribution in [0.2, 0.25) is 0 Å². The van der Waals surface area contributed by atoms with Crippen LogP contribution in [-0.2, 0) is 14.3 Å². The van der Waals surface area contributed by atoms with E-state index in [0.29, 0.717) is 33.4 Å². The zero-order chi connectivity index (χ0) is 28.7. The molecule has 3 aliphatic rings. The van der Waals surface area contributed by atoms with E-state index in [1.54, 1.807) is 55.5 Å². The van der Waals surface area contributed by atoms with Gasteiger partial charge in [0.25, 0.3) is 0 Å². The second-order valence-electron chi connectivity index (χ2n) is 11.3. The first-order valence-corrected chi connectivity index (χ1v) is 13.5. The van der Waals surface area contributed by atoms with Crippen LogP contribution >= 0.6 is 0 Å². The predicted octanol–water partition coefficient (Wildman–Crippen LogP) is 3.99. The summed E-state index contributed by atoms with van der Waals surface area (Å²) in [4.78, 5) is 41.0. The van der Waals surface area contributed by atoms with Crippen molar-refractivity contribution in [2.24, 2.45) is 11.8 Å². The number of carbonyl (C=O) groups is 2. The monoisotopic (exact) mass is 550 g/mol. The van der Waals surface area contributed by atoms with Crippen molar-refractivity contribution < 1.29 is 28.6 Å². The fraction of sp³-hybridized carbons (Fsp3) is 0.312. The van der Waals surface area contributed by atoms with E-state index < -0.39 is 40.7 Å². The largest absolute Gasteiger partial charge is 0.493 e. The smallest absolute Gasteiger partial charge is 0.336 e. The third kappa shape index (κ3) is 3.51. The number of fused-ring (bicyclic) bond motifs is 7. The first-order valence-electron chi connectivity index (χ1n) is 13.5. The van der Waals surface area contributed by atoms with E-state index in [1.807, 2.05) is 13.0 Å². The Balaban J connectivity index is 1.20. The lowest BCUT2D eigenvalue weighted by molar-refractivity contribution is -0.134. The highest BCUT2D eigenvalue weighted by Gasteiger charge is 2.77. The van der Waals surface area contributed by atoms with Gasteiger partial charge in [-0.1, -0.05) is 24.3 Å². The molecular weight excluding hydrogens is 524 g/mol. The van der Waals surface area contributed by atoms with Gasteiger partial charge in [-0.3, -0.25) is 9.59 Å². The number of hydrogen-bond acceptors (Lipinski definition) is 8. The SMILES string of the molecule is Cc1cc(=O)oc2cc(OCC[C@]34CC(O)[C@](C)(O3)[C@@H]3C(=O)N(c5ccc(C#N)c6ccccc56)C(=O)[C@@H]34)ccc12. The molecule has 5 atom stereocenters. The molecule has 0 radical (unpaired) electrons. The lowest BCUT2D eigenvalue weighted by Crippen LogP contribution is -2.49. The van der Waals surface area contributed by atoms with E-state index in [0.717, 1.165) is 10.9 Å². The maximum absolute atomic E-state index is 14.1. The van der Waals surface area contributed by atoms with Crippen molar-refractivity contribution in [1.29, 1.82) is 5.26 Å². The summed E-state index contributed by atoms with van der Waals surface area (Å²) < 4.78 is 17.7. The van der Waals surface area contributed by atoms with Gasteiger partial charge >= 0.3 is 5.63 Å². The summed E-state index contributed by atoms with van der Waals surface area (Å²) in [6.45, 7) is 3.68. The number of nitrogens with zero attached hydrogens (tertiary/aromatic N) is 2. The fourth-order valence-corrected chi connectivity index (χ4v) is 7.17. The Morgan fingerprint density at radius 2 is 1.78 bits per heavy atom. The lowest BCUT2D eigenvalue weighted by Gasteiger charge is -2.33. The van der Waals surface area contributed by atoms with Crippen molar-refractivity contribution in [2.75, 3.05) is 11.5 Å². The second-order valence-corrected chi connectivity index (χ2v) is 11.3. The molecule has 3 fully saturated rings. The number of imide groups is 1. The highest BCUT2D eigenvalue weighted by atomic mass is 16.6. The Kier molecular flexibility index (Phi) is 5.42. The predicted molar refractivity (Wildman–Crippen MR) is 148 cm³/mol. The Labute approximate surface area is 234 Å². The topological polar surface area (TPSA) is 130 Å². The Morgan fingerprint density at radius 1 is 1.02 bits per heavy atom. The first-order chi connectivity index (χ1) is 19.7. The molecule has 41 heavy (non-hydrogen) atoms. The van der Waals surface area contributed by atoms with Crippen LogP contribution in [0.4, 0.5) is 5.69 Å². The number of benzene rings is 3. The van der Waals surface area contributed by atoms with Gasteiger partial charge in [0.2, 0.25) is 11.8 Å². The first kappa shape index (κ1) is 25.4. The van der Waals surface area contributed by atoms with E-state index >= 15 is 0 Å². The number of aliphatic hydroxyl groups is 1. The third-order valence-electron chi connectivity index (χ3n) is 9.09. The van der Waals surface area contributed by atoms with Crippen molar-refractivity contribution in [3.05, 3.63) is 82.2 Å². The van der Waals surface area contributed by atoms with Crippen LogP contribution in [0.25, 0.3) is 21.7 Å². The van der Waals surface area contributed by atoms with Crippen LogP contribution in [-0.4, -0.2) is 40.8 Å². The number of rotatable bonds is 5. The van der Waals surface area contributed by atoms with Gasteiger partial charge in [-0.2, -0.15) is 5.26 Å². The fourth-order valence-electron chi connectivity index (χ4n) is 7.17. The van der Waals surface area contributed by atoms with E-state index in [2.05, 4.69) is 6.07 Å². The molecule has 4 aromatic rings. The quantitative estimate of drug-likeness (QED) is 0.292. The molecule has 206 valence electrons. The number of amides is 2. The van der Waals surface area contributed by atoms with Crippen molar-refractivity contribution >= 4 is 39.2 Å². The number of aliphatic hydroxyl groups excluding tert-OH is 1. The van der Waals surface area contributed by atoms with E-state index in [1.165, 1.54) is 11.0 Å². The number of hydrogen-bond donors (Lipinski definition) is 1. The van der Waals surface area contributed by atoms with Crippen LogP contribution in [0.15, 0.2) is 69.9 Å². The van der Waals surface area contributed by atoms with Crippen LogP contribution < -0.4 is 15.3 Å². The van der Waals surface area contributed by atoms with Gasteiger partial charge in [0.15, 0.2) is 0 Å². The number of anilines is 1. The summed E-state index contributed by atoms with van der Waals surface area (Å²) in [6, 6.07) is 19.3. The van der Waals surface area contributed by atoms with Crippen LogP contribution in [0.3, 0.4) is 0 Å². The molecule has 3 aliphatic heterocycles. The van der Waals surface area contributed by atoms with Gasteiger partial charge in [0.05, 0.1) is 47.5 Å². The van der Waals surface area contributed by atoms with Gasteiger partial charge < -0.3 is 19.0 Å². The highest BCUT2D eigenvalue weighted by molar-refractivity contribution is 6.26. The zero-order valence-electron chi connectivity index (χ0n) is 22.4. The van der Waals surface area contributed by atoms with Gasteiger partial charge in [-0.05, 0) is 43.7 Å². The molecule has 9 heteroatoms. The molecule has 1 N–H and O–H groups in total. The van der Waals surface area contributed by atoms with Crippen molar-refractivity contribution in [1.82, 2.24) is 0 Å². The van der Waals surface area contributed by atoms with E-state index in [9.17, 15) is 24.8 Å². The number of nitriles is 1. The van der Waals surface area contributed by atoms with Gasteiger partial charge in [0.1, 0.15) is 16.9 Å². The van der Waals surface area contributed by atoms with E-state index in [-0.39, 0.29) is 25.4 Å². The van der Waals surface area contributed by atoms with Gasteiger partial charge in [-0.15, -0.1) is 0 Å². The maximum atomic E-state index is 14.1. The molecule has 0 spiro atoms. The van der Waals surface area contributed by atoms with Gasteiger partial charge in [-0.25, -0.2) is 9.69 Å². The Hall–Kier alpha value is -4.52. The average molecular weight is 551 g/mol. The summed E-state index contributed by atoms with van der Waals surface area (Å²) in [5, 5.41) is 22.7. The number of carbonyl (C=O) groups excluding carboxylic acids is 2. The van der Waals surface area contributed by atoms with E-state index in [4.69, 9.17) is 13.9 Å². The average Bonchev–Trinajstić information content (AvgIpc) is 3.48. The summed E-state index contributed by atoms with van der Waals surface area (Å²) >= 11 is 0. The lowest BCUT2D eigenvalue weighted by atomic mass is 9.66. The number of aryl methyl sites for hydroxylation is 1. The molecule has 0 aliphatic carbocycles. The normalized spacial score (nSPS) is 28.4. The van der Waals surface area contributed by atoms with Crippen LogP contribution in [0, 0.1) is 30.1 Å². The molecule has 3 aromatic carbocycles. The summed E-state index contributed by atoms with van der Waals surface area (Å²) in [5.41, 5.74) is -0.684. The molecule has 2 amide bonds. The highest BCUT2D eigenvalue weighted by Crippen LogP contribution is 2.62. The Morgan fingerprint density at radius 3 is 2.56 bits per heavy atom. The number of ether oxygens (including phenoxy) is 2. The minimum Gasteiger partial charge on any atom is -0.493 e. The molecule has 3 saturated heterocycles. The van der Waals surface area contributed by atoms with Crippen LogP contribution in [0.5, 0.6) is 5.75 Å². The molecule has 2 bridgehead atoms. The second kappa shape index (κ2) is 8.74. The summed E-state index contributed by atoms with van der Waals surface area (Å²) in [5.74, 6) is -1.96. The zero-order valence-corrected chi connectivity index (χ0v) is 22.4. The molecule has 1 aromatic heterocycles. The summed E-state index contributed by atoms with van der Waals surface area (Å²) in [6.07, 6.45) is -0.477. The van der Waals surface area contributed by atoms with Gasteiger partial charge in [0, 0.05) is 41.1 Å². The minimum absolute atomic E-state index is 0.148. The van der Waals surface area contributed by atoms with Crippen molar-refractivity contribution in [3.8, 4) is 11.8 Å². The standard InChI is InChI=1S/C32H26N2O7/c1-17-13-26(36)40-24-14-19(8-9-20(17)24)39-12-11-32-15-25(35)31(2,41-32)27-28(32)30(38)34(29(27)37)23-10-7-18(16-33)21-5-3-4-6-22(21)23/h3-10,13-14,25,27-28,35H,11-12,15H2,1-2H3/t25?,27-,28+,31-,32+/m0/s1. The molecule has 9 nitrogen and oxygen atoms in total. The molecular formula is C32H26N2O7. The summed E-state index contributed by atoms with van der Waals surface area (Å²) in [7, 11) is 0. The molecule has 7 rings (SSSR count). The molecule has 1 unspecified atom stereocenters.